The van der Waals surface area contributed by atoms with Crippen LogP contribution in [-0.2, 0) is 16.2 Å². The Hall–Kier alpha value is -2.11. The molecule has 3 rings (SSSR count). The number of alkyl halides is 3. The lowest BCUT2D eigenvalue weighted by Crippen LogP contribution is -2.27. The highest BCUT2D eigenvalue weighted by Gasteiger charge is 2.34. The summed E-state index contributed by atoms with van der Waals surface area (Å²) in [5, 5.41) is 0.986. The quantitative estimate of drug-likeness (QED) is 0.698. The maximum absolute atomic E-state index is 12.9. The van der Waals surface area contributed by atoms with Crippen molar-refractivity contribution in [2.24, 2.45) is 0 Å². The molecule has 138 valence electrons. The first kappa shape index (κ1) is 18.7. The van der Waals surface area contributed by atoms with Crippen LogP contribution < -0.4 is 10.3 Å². The highest BCUT2D eigenvalue weighted by atomic mass is 35.5. The summed E-state index contributed by atoms with van der Waals surface area (Å²) in [6.07, 6.45) is -3.40. The molecule has 6 nitrogen and oxygen atoms in total. The highest BCUT2D eigenvalue weighted by molar-refractivity contribution is 7.92. The van der Waals surface area contributed by atoms with Crippen molar-refractivity contribution in [2.75, 3.05) is 4.72 Å². The maximum Gasteiger partial charge on any atom is 0.417 e. The van der Waals surface area contributed by atoms with Gasteiger partial charge >= 0.3 is 6.18 Å². The van der Waals surface area contributed by atoms with E-state index in [1.165, 1.54) is 13.1 Å². The van der Waals surface area contributed by atoms with Crippen molar-refractivity contribution in [1.29, 1.82) is 0 Å². The van der Waals surface area contributed by atoms with Gasteiger partial charge < -0.3 is 0 Å². The van der Waals surface area contributed by atoms with Crippen molar-refractivity contribution in [3.63, 3.8) is 0 Å². The van der Waals surface area contributed by atoms with Gasteiger partial charge in [0.1, 0.15) is 0 Å². The van der Waals surface area contributed by atoms with Gasteiger partial charge in [-0.15, -0.1) is 11.3 Å². The highest BCUT2D eigenvalue weighted by Crippen LogP contribution is 2.36. The van der Waals surface area contributed by atoms with Gasteiger partial charge in [0.25, 0.3) is 15.6 Å². The Kier molecular flexibility index (Phi) is 4.49. The van der Waals surface area contributed by atoms with E-state index in [4.69, 9.17) is 11.6 Å². The molecule has 0 bridgehead atoms. The molecule has 12 heteroatoms. The minimum atomic E-state index is -4.76. The van der Waals surface area contributed by atoms with Crippen molar-refractivity contribution in [1.82, 2.24) is 9.38 Å². The number of hydrogen-bond donors (Lipinski definition) is 1. The predicted octanol–water partition coefficient (Wildman–Crippen LogP) is 3.54. The molecular weight excluding hydrogens is 415 g/mol. The number of hydrogen-bond acceptors (Lipinski definition) is 5. The zero-order valence-corrected chi connectivity index (χ0v) is 15.2. The average molecular weight is 424 g/mol. The third kappa shape index (κ3) is 3.29. The largest absolute Gasteiger partial charge is 0.417 e. The van der Waals surface area contributed by atoms with E-state index < -0.39 is 37.2 Å². The van der Waals surface area contributed by atoms with Gasteiger partial charge in [-0.25, -0.2) is 13.4 Å². The van der Waals surface area contributed by atoms with Gasteiger partial charge in [-0.05, 0) is 25.1 Å². The molecule has 1 N–H and O–H groups in total. The molecule has 0 saturated carbocycles. The summed E-state index contributed by atoms with van der Waals surface area (Å²) in [6, 6.07) is 2.55. The molecule has 2 aromatic heterocycles. The van der Waals surface area contributed by atoms with Gasteiger partial charge in [-0.1, -0.05) is 11.6 Å². The lowest BCUT2D eigenvalue weighted by atomic mass is 10.2. The number of fused-ring (bicyclic) bond motifs is 1. The third-order valence-corrected chi connectivity index (χ3v) is 5.99. The van der Waals surface area contributed by atoms with E-state index in [1.807, 2.05) is 4.72 Å². The van der Waals surface area contributed by atoms with Gasteiger partial charge in [-0.2, -0.15) is 13.2 Å². The SMILES string of the molecule is Cc1nc2sccn2c(=O)c1S(=O)(=O)Nc1ccc(Cl)c(C(F)(F)F)c1. The maximum atomic E-state index is 12.9. The molecule has 0 aliphatic heterocycles. The van der Waals surface area contributed by atoms with Crippen LogP contribution in [0.5, 0.6) is 0 Å². The Morgan fingerprint density at radius 2 is 2.00 bits per heavy atom. The zero-order chi connectivity index (χ0) is 19.3. The molecule has 0 atom stereocenters. The number of thiazole rings is 1. The van der Waals surface area contributed by atoms with Gasteiger partial charge in [0.15, 0.2) is 9.86 Å². The molecule has 0 fully saturated rings. The first-order valence-electron chi connectivity index (χ1n) is 6.87. The molecule has 0 spiro atoms. The summed E-state index contributed by atoms with van der Waals surface area (Å²) in [5.41, 5.74) is -2.48. The number of nitrogens with zero attached hydrogens (tertiary/aromatic N) is 2. The molecule has 0 saturated heterocycles. The third-order valence-electron chi connectivity index (χ3n) is 3.39. The number of nitrogens with one attached hydrogen (secondary N) is 1. The van der Waals surface area contributed by atoms with Gasteiger partial charge in [-0.3, -0.25) is 13.9 Å². The summed E-state index contributed by atoms with van der Waals surface area (Å²) >= 11 is 6.66. The van der Waals surface area contributed by atoms with Crippen LogP contribution in [0.15, 0.2) is 39.5 Å². The molecule has 0 radical (unpaired) electrons. The minimum absolute atomic E-state index is 0.0602. The fraction of sp³-hybridized carbons (Fsp3) is 0.143. The van der Waals surface area contributed by atoms with Crippen molar-refractivity contribution in [3.05, 3.63) is 56.4 Å². The Morgan fingerprint density at radius 1 is 1.31 bits per heavy atom. The summed E-state index contributed by atoms with van der Waals surface area (Å²) in [4.78, 5) is 16.1. The fourth-order valence-corrected chi connectivity index (χ4v) is 4.57. The smallest absolute Gasteiger partial charge is 0.279 e. The van der Waals surface area contributed by atoms with Crippen LogP contribution in [0.2, 0.25) is 5.02 Å². The molecule has 0 aliphatic rings. The number of halogens is 4. The topological polar surface area (TPSA) is 80.5 Å². The molecular formula is C14H9ClF3N3O3S2. The van der Waals surface area contributed by atoms with Crippen LogP contribution in [0.4, 0.5) is 18.9 Å². The number of rotatable bonds is 3. The molecule has 1 aromatic carbocycles. The van der Waals surface area contributed by atoms with Crippen LogP contribution >= 0.6 is 22.9 Å². The van der Waals surface area contributed by atoms with Crippen LogP contribution in [0.25, 0.3) is 4.96 Å². The molecule has 3 aromatic rings. The van der Waals surface area contributed by atoms with E-state index in [0.717, 1.165) is 27.9 Å². The monoisotopic (exact) mass is 423 g/mol. The fourth-order valence-electron chi connectivity index (χ4n) is 2.29. The molecule has 2 heterocycles. The van der Waals surface area contributed by atoms with Crippen molar-refractivity contribution in [3.8, 4) is 0 Å². The normalized spacial score (nSPS) is 12.5. The van der Waals surface area contributed by atoms with Crippen LogP contribution in [0.1, 0.15) is 11.3 Å². The number of sulfonamides is 1. The van der Waals surface area contributed by atoms with Crippen LogP contribution in [0, 0.1) is 6.92 Å². The molecule has 0 aliphatic carbocycles. The van der Waals surface area contributed by atoms with E-state index in [0.29, 0.717) is 11.0 Å². The predicted molar refractivity (Wildman–Crippen MR) is 91.3 cm³/mol. The summed E-state index contributed by atoms with van der Waals surface area (Å²) < 4.78 is 67.0. The molecule has 0 amide bonds. The summed E-state index contributed by atoms with van der Waals surface area (Å²) in [6.45, 7) is 1.33. The standard InChI is InChI=1S/C14H9ClF3N3O3S2/c1-7-11(12(22)21-4-5-25-13(21)19-7)26(23,24)20-8-2-3-10(15)9(6-8)14(16,17)18/h2-6,20H,1H3. The number of anilines is 1. The summed E-state index contributed by atoms with van der Waals surface area (Å²) in [5.74, 6) is 0. The van der Waals surface area contributed by atoms with E-state index >= 15 is 0 Å². The van der Waals surface area contributed by atoms with Gasteiger partial charge in [0, 0.05) is 17.3 Å². The average Bonchev–Trinajstić information content (AvgIpc) is 2.96. The van der Waals surface area contributed by atoms with E-state index in [-0.39, 0.29) is 11.4 Å². The van der Waals surface area contributed by atoms with Gasteiger partial charge in [0.05, 0.1) is 16.3 Å². The Balaban J connectivity index is 2.10. The van der Waals surface area contributed by atoms with E-state index in [1.54, 1.807) is 5.38 Å². The second-order valence-electron chi connectivity index (χ2n) is 5.18. The lowest BCUT2D eigenvalue weighted by Gasteiger charge is -2.13. The molecule has 26 heavy (non-hydrogen) atoms. The van der Waals surface area contributed by atoms with E-state index in [9.17, 15) is 26.4 Å². The lowest BCUT2D eigenvalue weighted by molar-refractivity contribution is -0.137. The Labute approximate surface area is 153 Å². The summed E-state index contributed by atoms with van der Waals surface area (Å²) in [7, 11) is -4.47. The van der Waals surface area contributed by atoms with Gasteiger partial charge in [0.2, 0.25) is 0 Å². The Morgan fingerprint density at radius 3 is 2.65 bits per heavy atom. The molecule has 0 unspecified atom stereocenters. The van der Waals surface area contributed by atoms with Crippen molar-refractivity contribution in [2.45, 2.75) is 18.0 Å². The first-order valence-corrected chi connectivity index (χ1v) is 9.61. The van der Waals surface area contributed by atoms with Crippen LogP contribution in [0.3, 0.4) is 0 Å². The van der Waals surface area contributed by atoms with E-state index in [2.05, 4.69) is 4.98 Å². The van der Waals surface area contributed by atoms with Crippen molar-refractivity contribution < 1.29 is 21.6 Å². The Bertz CT molecular complexity index is 1170. The number of aryl methyl sites for hydroxylation is 1. The second kappa shape index (κ2) is 6.25. The number of benzene rings is 1. The number of aromatic nitrogens is 2. The second-order valence-corrected chi connectivity index (χ2v) is 8.08. The zero-order valence-electron chi connectivity index (χ0n) is 12.8. The van der Waals surface area contributed by atoms with Crippen molar-refractivity contribution >= 4 is 43.6 Å². The minimum Gasteiger partial charge on any atom is -0.279 e. The van der Waals surface area contributed by atoms with Crippen LogP contribution in [-0.4, -0.2) is 17.8 Å². The first-order chi connectivity index (χ1) is 12.0.